The molecule has 0 radical (unpaired) electrons. The molecule has 6 heteroatoms. The molecule has 0 fully saturated rings. The van der Waals surface area contributed by atoms with Crippen molar-refractivity contribution in [3.63, 3.8) is 0 Å². The van der Waals surface area contributed by atoms with Crippen LogP contribution in [0, 0.1) is 0 Å². The van der Waals surface area contributed by atoms with Gasteiger partial charge in [0, 0.05) is 25.5 Å². The Hall–Kier alpha value is -1.69. The van der Waals surface area contributed by atoms with E-state index < -0.39 is 0 Å². The average molecular weight is 181 g/mol. The van der Waals surface area contributed by atoms with Gasteiger partial charge in [0.1, 0.15) is 0 Å². The zero-order valence-corrected chi connectivity index (χ0v) is 7.03. The summed E-state index contributed by atoms with van der Waals surface area (Å²) in [6, 6.07) is -0.328. The Morgan fingerprint density at radius 1 is 1.54 bits per heavy atom. The molecule has 13 heavy (non-hydrogen) atoms. The zero-order valence-electron chi connectivity index (χ0n) is 7.03. The highest BCUT2D eigenvalue weighted by atomic mass is 16.2. The van der Waals surface area contributed by atoms with E-state index in [1.165, 1.54) is 18.6 Å². The summed E-state index contributed by atoms with van der Waals surface area (Å²) in [4.78, 5) is 18.7. The van der Waals surface area contributed by atoms with Gasteiger partial charge in [0.05, 0.1) is 6.20 Å². The summed E-state index contributed by atoms with van der Waals surface area (Å²) in [5.74, 6) is 0.414. The first-order chi connectivity index (χ1) is 6.33. The van der Waals surface area contributed by atoms with E-state index in [1.807, 2.05) is 0 Å². The lowest BCUT2D eigenvalue weighted by atomic mass is 10.6. The van der Waals surface area contributed by atoms with Gasteiger partial charge in [-0.25, -0.2) is 9.78 Å². The number of nitrogens with one attached hydrogen (secondary N) is 2. The molecule has 0 aromatic carbocycles. The molecule has 1 heterocycles. The van der Waals surface area contributed by atoms with Gasteiger partial charge >= 0.3 is 6.03 Å². The summed E-state index contributed by atoms with van der Waals surface area (Å²) in [7, 11) is 0. The fourth-order valence-electron chi connectivity index (χ4n) is 0.710. The lowest BCUT2D eigenvalue weighted by Gasteiger charge is -2.04. The fourth-order valence-corrected chi connectivity index (χ4v) is 0.710. The van der Waals surface area contributed by atoms with Crippen LogP contribution in [-0.4, -0.2) is 29.1 Å². The van der Waals surface area contributed by atoms with Crippen LogP contribution in [0.15, 0.2) is 18.6 Å². The number of amides is 2. The Morgan fingerprint density at radius 3 is 3.00 bits per heavy atom. The number of nitrogens with two attached hydrogens (primary N) is 1. The molecule has 4 N–H and O–H groups in total. The van der Waals surface area contributed by atoms with Crippen molar-refractivity contribution < 1.29 is 4.79 Å². The largest absolute Gasteiger partial charge is 0.337 e. The second kappa shape index (κ2) is 5.04. The monoisotopic (exact) mass is 181 g/mol. The first-order valence-electron chi connectivity index (χ1n) is 3.84. The van der Waals surface area contributed by atoms with E-state index in [9.17, 15) is 4.79 Å². The van der Waals surface area contributed by atoms with Gasteiger partial charge in [0.25, 0.3) is 0 Å². The third kappa shape index (κ3) is 3.48. The predicted molar refractivity (Wildman–Crippen MR) is 48.1 cm³/mol. The van der Waals surface area contributed by atoms with E-state index in [1.54, 1.807) is 0 Å². The third-order valence-electron chi connectivity index (χ3n) is 1.23. The molecular formula is C7H11N5O. The molecule has 2 amide bonds. The first kappa shape index (κ1) is 9.40. The van der Waals surface area contributed by atoms with Crippen LogP contribution >= 0.6 is 0 Å². The van der Waals surface area contributed by atoms with Gasteiger partial charge < -0.3 is 11.1 Å². The van der Waals surface area contributed by atoms with Crippen molar-refractivity contribution in [1.82, 2.24) is 15.3 Å². The smallest absolute Gasteiger partial charge is 0.320 e. The molecular weight excluding hydrogens is 170 g/mol. The van der Waals surface area contributed by atoms with Crippen molar-refractivity contribution in [2.45, 2.75) is 0 Å². The van der Waals surface area contributed by atoms with Crippen molar-refractivity contribution in [3.05, 3.63) is 18.6 Å². The minimum atomic E-state index is -0.328. The van der Waals surface area contributed by atoms with Crippen LogP contribution in [0.5, 0.6) is 0 Å². The number of carbonyl (C=O) groups is 1. The van der Waals surface area contributed by atoms with Gasteiger partial charge in [0.2, 0.25) is 0 Å². The Morgan fingerprint density at radius 2 is 2.38 bits per heavy atom. The summed E-state index contributed by atoms with van der Waals surface area (Å²) in [5.41, 5.74) is 5.20. The molecule has 0 aliphatic rings. The minimum Gasteiger partial charge on any atom is -0.337 e. The van der Waals surface area contributed by atoms with Gasteiger partial charge in [-0.1, -0.05) is 0 Å². The summed E-state index contributed by atoms with van der Waals surface area (Å²) < 4.78 is 0. The molecule has 0 aliphatic carbocycles. The molecule has 1 aromatic rings. The second-order valence-electron chi connectivity index (χ2n) is 2.26. The Labute approximate surface area is 75.6 Å². The molecule has 0 saturated carbocycles. The number of hydrogen-bond acceptors (Lipinski definition) is 4. The van der Waals surface area contributed by atoms with Crippen molar-refractivity contribution >= 4 is 11.8 Å². The summed E-state index contributed by atoms with van der Waals surface area (Å²) in [6.45, 7) is 0.847. The number of aromatic nitrogens is 2. The second-order valence-corrected chi connectivity index (χ2v) is 2.26. The maximum absolute atomic E-state index is 11.0. The van der Waals surface area contributed by atoms with Gasteiger partial charge in [-0.2, -0.15) is 0 Å². The van der Waals surface area contributed by atoms with Gasteiger partial charge in [0.15, 0.2) is 5.82 Å². The Kier molecular flexibility index (Phi) is 3.65. The standard InChI is InChI=1S/C7H11N5O/c8-1-2-11-7(13)12-6-5-9-3-4-10-6/h3-5H,1-2,8H2,(H2,10,11,12,13). The van der Waals surface area contributed by atoms with E-state index in [-0.39, 0.29) is 6.03 Å². The quantitative estimate of drug-likeness (QED) is 0.589. The summed E-state index contributed by atoms with van der Waals surface area (Å²) in [5, 5.41) is 5.04. The van der Waals surface area contributed by atoms with E-state index >= 15 is 0 Å². The van der Waals surface area contributed by atoms with E-state index in [4.69, 9.17) is 5.73 Å². The molecule has 0 unspecified atom stereocenters. The highest BCUT2D eigenvalue weighted by molar-refractivity contribution is 5.87. The minimum absolute atomic E-state index is 0.328. The molecule has 1 aromatic heterocycles. The van der Waals surface area contributed by atoms with Gasteiger partial charge in [-0.3, -0.25) is 10.3 Å². The van der Waals surface area contributed by atoms with Crippen molar-refractivity contribution in [2.75, 3.05) is 18.4 Å². The molecule has 0 spiro atoms. The van der Waals surface area contributed by atoms with Gasteiger partial charge in [-0.05, 0) is 0 Å². The Balaban J connectivity index is 2.37. The number of carbonyl (C=O) groups excluding carboxylic acids is 1. The van der Waals surface area contributed by atoms with Crippen LogP contribution in [0.4, 0.5) is 10.6 Å². The van der Waals surface area contributed by atoms with Crippen LogP contribution in [0.3, 0.4) is 0 Å². The number of urea groups is 1. The van der Waals surface area contributed by atoms with Crippen molar-refractivity contribution in [2.24, 2.45) is 5.73 Å². The van der Waals surface area contributed by atoms with Gasteiger partial charge in [-0.15, -0.1) is 0 Å². The molecule has 1 rings (SSSR count). The molecule has 6 nitrogen and oxygen atoms in total. The SMILES string of the molecule is NCCNC(=O)Nc1cnccn1. The topological polar surface area (TPSA) is 92.9 Å². The van der Waals surface area contributed by atoms with Crippen molar-refractivity contribution in [3.8, 4) is 0 Å². The van der Waals surface area contributed by atoms with Crippen LogP contribution in [0.2, 0.25) is 0 Å². The maximum Gasteiger partial charge on any atom is 0.320 e. The molecule has 0 aliphatic heterocycles. The highest BCUT2D eigenvalue weighted by Crippen LogP contribution is 1.95. The van der Waals surface area contributed by atoms with Crippen LogP contribution < -0.4 is 16.4 Å². The fraction of sp³-hybridized carbons (Fsp3) is 0.286. The third-order valence-corrected chi connectivity index (χ3v) is 1.23. The lowest BCUT2D eigenvalue weighted by Crippen LogP contribution is -2.33. The number of anilines is 1. The van der Waals surface area contributed by atoms with E-state index in [2.05, 4.69) is 20.6 Å². The highest BCUT2D eigenvalue weighted by Gasteiger charge is 1.99. The average Bonchev–Trinajstić information content (AvgIpc) is 2.16. The van der Waals surface area contributed by atoms with Crippen molar-refractivity contribution in [1.29, 1.82) is 0 Å². The van der Waals surface area contributed by atoms with Crippen LogP contribution in [0.25, 0.3) is 0 Å². The molecule has 0 saturated heterocycles. The Bertz CT molecular complexity index is 263. The number of rotatable bonds is 3. The summed E-state index contributed by atoms with van der Waals surface area (Å²) in [6.07, 6.45) is 4.49. The summed E-state index contributed by atoms with van der Waals surface area (Å²) >= 11 is 0. The van der Waals surface area contributed by atoms with E-state index in [0.717, 1.165) is 0 Å². The normalized spacial score (nSPS) is 9.31. The molecule has 70 valence electrons. The first-order valence-corrected chi connectivity index (χ1v) is 3.84. The molecule has 0 atom stereocenters. The predicted octanol–water partition coefficient (Wildman–Crippen LogP) is -0.443. The number of hydrogen-bond donors (Lipinski definition) is 3. The lowest BCUT2D eigenvalue weighted by molar-refractivity contribution is 0.252. The number of nitrogens with zero attached hydrogens (tertiary/aromatic N) is 2. The molecule has 0 bridgehead atoms. The zero-order chi connectivity index (χ0) is 9.52. The maximum atomic E-state index is 11.0. The van der Waals surface area contributed by atoms with E-state index in [0.29, 0.717) is 18.9 Å². The van der Waals surface area contributed by atoms with Crippen LogP contribution in [0.1, 0.15) is 0 Å². The van der Waals surface area contributed by atoms with Crippen LogP contribution in [-0.2, 0) is 0 Å².